The van der Waals surface area contributed by atoms with Crippen molar-refractivity contribution in [2.75, 3.05) is 5.73 Å². The maximum absolute atomic E-state index is 6.10. The van der Waals surface area contributed by atoms with E-state index < -0.39 is 0 Å². The molecule has 0 bridgehead atoms. The van der Waals surface area contributed by atoms with Crippen molar-refractivity contribution in [1.82, 2.24) is 14.5 Å². The number of allylic oxidation sites excluding steroid dienone is 1. The Kier molecular flexibility index (Phi) is 3.75. The lowest BCUT2D eigenvalue weighted by Crippen LogP contribution is -1.99. The fourth-order valence-electron chi connectivity index (χ4n) is 2.46. The van der Waals surface area contributed by atoms with E-state index in [-0.39, 0.29) is 0 Å². The number of fused-ring (bicyclic) bond motifs is 1. The highest BCUT2D eigenvalue weighted by molar-refractivity contribution is 9.10. The number of hydrogen-bond donors (Lipinski definition) is 1. The first-order chi connectivity index (χ1) is 10.2. The summed E-state index contributed by atoms with van der Waals surface area (Å²) < 4.78 is 3.08. The standard InChI is InChI=1S/C16H15BrN4/c1-2-3-9-21-14(17)12(11-7-5-4-6-8-11)13-15(18)19-10-20-16(13)21/h2,4-8,10H,1,3,9H2,(H2,18,19,20). The van der Waals surface area contributed by atoms with Gasteiger partial charge in [0, 0.05) is 12.1 Å². The van der Waals surface area contributed by atoms with Gasteiger partial charge in [0.1, 0.15) is 17.8 Å². The molecule has 2 heterocycles. The zero-order chi connectivity index (χ0) is 14.8. The van der Waals surface area contributed by atoms with E-state index in [0.717, 1.165) is 39.7 Å². The van der Waals surface area contributed by atoms with Crippen molar-refractivity contribution < 1.29 is 0 Å². The molecule has 0 unspecified atom stereocenters. The Balaban J connectivity index is 2.33. The molecule has 0 aliphatic rings. The molecule has 4 nitrogen and oxygen atoms in total. The zero-order valence-electron chi connectivity index (χ0n) is 11.5. The highest BCUT2D eigenvalue weighted by Crippen LogP contribution is 2.39. The second-order valence-electron chi connectivity index (χ2n) is 4.72. The summed E-state index contributed by atoms with van der Waals surface area (Å²) in [5.41, 5.74) is 9.07. The normalized spacial score (nSPS) is 10.9. The molecule has 0 spiro atoms. The Morgan fingerprint density at radius 1 is 1.24 bits per heavy atom. The summed E-state index contributed by atoms with van der Waals surface area (Å²) in [7, 11) is 0. The Morgan fingerprint density at radius 3 is 2.71 bits per heavy atom. The number of anilines is 1. The molecule has 5 heteroatoms. The smallest absolute Gasteiger partial charge is 0.147 e. The fourth-order valence-corrected chi connectivity index (χ4v) is 3.23. The van der Waals surface area contributed by atoms with E-state index in [1.54, 1.807) is 0 Å². The summed E-state index contributed by atoms with van der Waals surface area (Å²) >= 11 is 3.70. The molecule has 21 heavy (non-hydrogen) atoms. The number of nitrogen functional groups attached to an aromatic ring is 1. The number of nitrogens with zero attached hydrogens (tertiary/aromatic N) is 3. The molecule has 1 aromatic carbocycles. The number of aromatic nitrogens is 3. The van der Waals surface area contributed by atoms with Crippen LogP contribution in [0.3, 0.4) is 0 Å². The Labute approximate surface area is 131 Å². The van der Waals surface area contributed by atoms with Gasteiger partial charge in [-0.05, 0) is 27.9 Å². The number of rotatable bonds is 4. The van der Waals surface area contributed by atoms with Crippen LogP contribution in [0.25, 0.3) is 22.2 Å². The van der Waals surface area contributed by atoms with Crippen LogP contribution in [0.2, 0.25) is 0 Å². The van der Waals surface area contributed by atoms with Crippen molar-refractivity contribution in [3.63, 3.8) is 0 Å². The van der Waals surface area contributed by atoms with Gasteiger partial charge in [-0.1, -0.05) is 36.4 Å². The van der Waals surface area contributed by atoms with Crippen LogP contribution in [-0.4, -0.2) is 14.5 Å². The van der Waals surface area contributed by atoms with E-state index in [1.807, 2.05) is 24.3 Å². The fraction of sp³-hybridized carbons (Fsp3) is 0.125. The maximum atomic E-state index is 6.10. The third-order valence-electron chi connectivity index (χ3n) is 3.42. The lowest BCUT2D eigenvalue weighted by Gasteiger charge is -2.04. The van der Waals surface area contributed by atoms with Crippen molar-refractivity contribution in [1.29, 1.82) is 0 Å². The van der Waals surface area contributed by atoms with Crippen LogP contribution < -0.4 is 5.73 Å². The highest BCUT2D eigenvalue weighted by atomic mass is 79.9. The molecule has 0 aliphatic heterocycles. The van der Waals surface area contributed by atoms with Crippen molar-refractivity contribution >= 4 is 32.8 Å². The van der Waals surface area contributed by atoms with Crippen LogP contribution >= 0.6 is 15.9 Å². The first kappa shape index (κ1) is 13.8. The molecule has 0 saturated heterocycles. The van der Waals surface area contributed by atoms with Gasteiger partial charge in [0.15, 0.2) is 0 Å². The Bertz CT molecular complexity index is 793. The highest BCUT2D eigenvalue weighted by Gasteiger charge is 2.19. The predicted octanol–water partition coefficient (Wildman–Crippen LogP) is 4.02. The van der Waals surface area contributed by atoms with Crippen molar-refractivity contribution in [2.45, 2.75) is 13.0 Å². The van der Waals surface area contributed by atoms with E-state index in [0.29, 0.717) is 5.82 Å². The minimum atomic E-state index is 0.497. The SMILES string of the molecule is C=CCCn1c(Br)c(-c2ccccc2)c2c(N)ncnc21. The summed E-state index contributed by atoms with van der Waals surface area (Å²) in [5, 5.41) is 0.889. The first-order valence-electron chi connectivity index (χ1n) is 6.68. The summed E-state index contributed by atoms with van der Waals surface area (Å²) in [6.45, 7) is 4.58. The van der Waals surface area contributed by atoms with Gasteiger partial charge in [0.05, 0.1) is 9.99 Å². The average molecular weight is 343 g/mol. The monoisotopic (exact) mass is 342 g/mol. The first-order valence-corrected chi connectivity index (χ1v) is 7.47. The summed E-state index contributed by atoms with van der Waals surface area (Å²) in [4.78, 5) is 8.55. The van der Waals surface area contributed by atoms with E-state index in [2.05, 4.69) is 49.2 Å². The molecular formula is C16H15BrN4. The van der Waals surface area contributed by atoms with Crippen molar-refractivity contribution in [3.05, 3.63) is 53.9 Å². The van der Waals surface area contributed by atoms with Gasteiger partial charge in [0.2, 0.25) is 0 Å². The van der Waals surface area contributed by atoms with E-state index >= 15 is 0 Å². The third kappa shape index (κ3) is 2.34. The molecule has 0 fully saturated rings. The van der Waals surface area contributed by atoms with Crippen LogP contribution in [0.15, 0.2) is 53.9 Å². The number of nitrogens with two attached hydrogens (primary N) is 1. The van der Waals surface area contributed by atoms with Gasteiger partial charge in [-0.15, -0.1) is 6.58 Å². The average Bonchev–Trinajstić information content (AvgIpc) is 2.79. The van der Waals surface area contributed by atoms with Crippen molar-refractivity contribution in [3.8, 4) is 11.1 Å². The van der Waals surface area contributed by atoms with Crippen LogP contribution in [0, 0.1) is 0 Å². The van der Waals surface area contributed by atoms with Gasteiger partial charge < -0.3 is 10.3 Å². The quantitative estimate of drug-likeness (QED) is 0.728. The number of hydrogen-bond acceptors (Lipinski definition) is 3. The molecule has 2 N–H and O–H groups in total. The minimum Gasteiger partial charge on any atom is -0.383 e. The molecule has 3 rings (SSSR count). The second kappa shape index (κ2) is 5.69. The van der Waals surface area contributed by atoms with E-state index in [4.69, 9.17) is 5.73 Å². The van der Waals surface area contributed by atoms with Crippen LogP contribution in [0.1, 0.15) is 6.42 Å². The molecule has 3 aromatic rings. The Morgan fingerprint density at radius 2 is 2.00 bits per heavy atom. The van der Waals surface area contributed by atoms with Gasteiger partial charge in [0.25, 0.3) is 0 Å². The number of aryl methyl sites for hydroxylation is 1. The summed E-state index contributed by atoms with van der Waals surface area (Å²) in [6, 6.07) is 10.1. The van der Waals surface area contributed by atoms with Gasteiger partial charge in [-0.2, -0.15) is 0 Å². The molecular weight excluding hydrogens is 328 g/mol. The van der Waals surface area contributed by atoms with E-state index in [9.17, 15) is 0 Å². The van der Waals surface area contributed by atoms with Crippen LogP contribution in [-0.2, 0) is 6.54 Å². The summed E-state index contributed by atoms with van der Waals surface area (Å²) in [5.74, 6) is 0.497. The van der Waals surface area contributed by atoms with Crippen LogP contribution in [0.4, 0.5) is 5.82 Å². The molecule has 106 valence electrons. The van der Waals surface area contributed by atoms with Gasteiger partial charge in [-0.3, -0.25) is 0 Å². The Hall–Kier alpha value is -2.14. The number of halogens is 1. The molecule has 0 amide bonds. The van der Waals surface area contributed by atoms with Crippen LogP contribution in [0.5, 0.6) is 0 Å². The van der Waals surface area contributed by atoms with Gasteiger partial charge in [-0.25, -0.2) is 9.97 Å². The topological polar surface area (TPSA) is 56.7 Å². The molecule has 0 saturated carbocycles. The number of benzene rings is 1. The summed E-state index contributed by atoms with van der Waals surface area (Å²) in [6.07, 6.45) is 4.26. The lowest BCUT2D eigenvalue weighted by molar-refractivity contribution is 0.718. The maximum Gasteiger partial charge on any atom is 0.147 e. The largest absolute Gasteiger partial charge is 0.383 e. The molecule has 2 aromatic heterocycles. The third-order valence-corrected chi connectivity index (χ3v) is 4.25. The van der Waals surface area contributed by atoms with Crippen molar-refractivity contribution in [2.24, 2.45) is 0 Å². The lowest BCUT2D eigenvalue weighted by atomic mass is 10.1. The zero-order valence-corrected chi connectivity index (χ0v) is 13.0. The molecule has 0 aliphatic carbocycles. The second-order valence-corrected chi connectivity index (χ2v) is 5.47. The molecule has 0 atom stereocenters. The predicted molar refractivity (Wildman–Crippen MR) is 89.9 cm³/mol. The molecule has 0 radical (unpaired) electrons. The minimum absolute atomic E-state index is 0.497. The van der Waals surface area contributed by atoms with E-state index in [1.165, 1.54) is 6.33 Å². The van der Waals surface area contributed by atoms with Gasteiger partial charge >= 0.3 is 0 Å².